The van der Waals surface area contributed by atoms with Crippen molar-refractivity contribution in [1.82, 2.24) is 4.72 Å². The highest BCUT2D eigenvalue weighted by molar-refractivity contribution is 7.99. The number of methoxy groups -OCH3 is 2. The molecule has 0 saturated heterocycles. The molecule has 0 unspecified atom stereocenters. The number of nitrogen functional groups attached to an aromatic ring is 1. The van der Waals surface area contributed by atoms with Crippen molar-refractivity contribution in [3.05, 3.63) is 48.0 Å². The van der Waals surface area contributed by atoms with Crippen molar-refractivity contribution in [3.63, 3.8) is 0 Å². The summed E-state index contributed by atoms with van der Waals surface area (Å²) < 4.78 is 38.3. The molecular formula is C24H32N2O5S2. The molecule has 0 amide bonds. The molecule has 1 saturated carbocycles. The fourth-order valence-corrected chi connectivity index (χ4v) is 6.18. The number of carbonyl (C=O) groups is 1. The molecule has 180 valence electrons. The third kappa shape index (κ3) is 6.96. The van der Waals surface area contributed by atoms with Crippen molar-refractivity contribution < 1.29 is 22.7 Å². The number of nitrogens with one attached hydrogen (secondary N) is 1. The van der Waals surface area contributed by atoms with Crippen LogP contribution in [-0.2, 0) is 19.5 Å². The number of sulfonamides is 1. The van der Waals surface area contributed by atoms with E-state index in [1.54, 1.807) is 31.4 Å². The van der Waals surface area contributed by atoms with Crippen molar-refractivity contribution in [3.8, 4) is 0 Å². The van der Waals surface area contributed by atoms with Crippen molar-refractivity contribution in [2.24, 2.45) is 11.8 Å². The maximum absolute atomic E-state index is 12.8. The highest BCUT2D eigenvalue weighted by Crippen LogP contribution is 2.35. The summed E-state index contributed by atoms with van der Waals surface area (Å²) in [6.45, 7) is 1.22. The summed E-state index contributed by atoms with van der Waals surface area (Å²) in [5.74, 6) is 0.730. The predicted octanol–water partition coefficient (Wildman–Crippen LogP) is 4.33. The zero-order valence-corrected chi connectivity index (χ0v) is 20.7. The van der Waals surface area contributed by atoms with Crippen LogP contribution in [0.1, 0.15) is 42.5 Å². The maximum Gasteiger partial charge on any atom is 0.339 e. The Balaban J connectivity index is 1.59. The molecular weight excluding hydrogens is 460 g/mol. The minimum atomic E-state index is -3.65. The summed E-state index contributed by atoms with van der Waals surface area (Å²) in [7, 11) is -0.585. The zero-order chi connectivity index (χ0) is 23.8. The number of anilines is 1. The third-order valence-electron chi connectivity index (χ3n) is 6.02. The van der Waals surface area contributed by atoms with Crippen LogP contribution in [0.5, 0.6) is 0 Å². The SMILES string of the molecule is COCC1CCC(CCNS(=O)(=O)c2ccc(Sc3ccccc3C(=O)OC)c(N)c2)CC1. The van der Waals surface area contributed by atoms with Crippen molar-refractivity contribution in [1.29, 1.82) is 0 Å². The smallest absolute Gasteiger partial charge is 0.339 e. The van der Waals surface area contributed by atoms with Gasteiger partial charge in [0.1, 0.15) is 0 Å². The molecule has 0 atom stereocenters. The van der Waals surface area contributed by atoms with E-state index >= 15 is 0 Å². The fraction of sp³-hybridized carbons (Fsp3) is 0.458. The topological polar surface area (TPSA) is 108 Å². The van der Waals surface area contributed by atoms with Gasteiger partial charge in [-0.1, -0.05) is 36.7 Å². The Morgan fingerprint density at radius 2 is 1.76 bits per heavy atom. The van der Waals surface area contributed by atoms with E-state index in [4.69, 9.17) is 15.2 Å². The first kappa shape index (κ1) is 25.6. The molecule has 0 aromatic heterocycles. The van der Waals surface area contributed by atoms with Crippen LogP contribution in [0, 0.1) is 11.8 Å². The van der Waals surface area contributed by atoms with Crippen LogP contribution in [-0.4, -0.2) is 41.8 Å². The predicted molar refractivity (Wildman–Crippen MR) is 130 cm³/mol. The molecule has 2 aromatic carbocycles. The molecule has 1 aliphatic carbocycles. The number of nitrogens with two attached hydrogens (primary N) is 1. The molecule has 33 heavy (non-hydrogen) atoms. The summed E-state index contributed by atoms with van der Waals surface area (Å²) in [5.41, 5.74) is 6.93. The first-order chi connectivity index (χ1) is 15.8. The second kappa shape index (κ2) is 11.9. The van der Waals surface area contributed by atoms with E-state index in [9.17, 15) is 13.2 Å². The molecule has 0 radical (unpaired) electrons. The second-order valence-corrected chi connectivity index (χ2v) is 11.2. The van der Waals surface area contributed by atoms with E-state index in [2.05, 4.69) is 4.72 Å². The minimum Gasteiger partial charge on any atom is -0.465 e. The average molecular weight is 493 g/mol. The highest BCUT2D eigenvalue weighted by Gasteiger charge is 2.22. The van der Waals surface area contributed by atoms with Gasteiger partial charge in [-0.05, 0) is 61.4 Å². The lowest BCUT2D eigenvalue weighted by molar-refractivity contribution is 0.0596. The molecule has 0 spiro atoms. The highest BCUT2D eigenvalue weighted by atomic mass is 32.2. The van der Waals surface area contributed by atoms with Crippen LogP contribution in [0.25, 0.3) is 0 Å². The van der Waals surface area contributed by atoms with Crippen LogP contribution in [0.4, 0.5) is 5.69 Å². The van der Waals surface area contributed by atoms with Gasteiger partial charge in [-0.2, -0.15) is 0 Å². The summed E-state index contributed by atoms with van der Waals surface area (Å²) in [6, 6.07) is 11.7. The van der Waals surface area contributed by atoms with E-state index in [0.717, 1.165) is 38.7 Å². The summed E-state index contributed by atoms with van der Waals surface area (Å²) in [6.07, 6.45) is 5.33. The summed E-state index contributed by atoms with van der Waals surface area (Å²) in [4.78, 5) is 13.5. The Morgan fingerprint density at radius 1 is 1.06 bits per heavy atom. The molecule has 0 bridgehead atoms. The van der Waals surface area contributed by atoms with Crippen molar-refractivity contribution >= 4 is 33.4 Å². The fourth-order valence-electron chi connectivity index (χ4n) is 4.14. The molecule has 1 aliphatic rings. The average Bonchev–Trinajstić information content (AvgIpc) is 2.81. The van der Waals surface area contributed by atoms with Crippen LogP contribution in [0.15, 0.2) is 57.2 Å². The monoisotopic (exact) mass is 492 g/mol. The van der Waals surface area contributed by atoms with Gasteiger partial charge in [-0.15, -0.1) is 0 Å². The van der Waals surface area contributed by atoms with Crippen molar-refractivity contribution in [2.45, 2.75) is 46.8 Å². The summed E-state index contributed by atoms with van der Waals surface area (Å²) in [5, 5.41) is 0. The Kier molecular flexibility index (Phi) is 9.19. The number of hydrogen-bond acceptors (Lipinski definition) is 7. The lowest BCUT2D eigenvalue weighted by Gasteiger charge is -2.28. The molecule has 7 nitrogen and oxygen atoms in total. The van der Waals surface area contributed by atoms with Crippen molar-refractivity contribution in [2.75, 3.05) is 33.1 Å². The summed E-state index contributed by atoms with van der Waals surface area (Å²) >= 11 is 1.29. The zero-order valence-electron chi connectivity index (χ0n) is 19.1. The van der Waals surface area contributed by atoms with Gasteiger partial charge in [0.25, 0.3) is 0 Å². The number of rotatable bonds is 10. The molecule has 1 fully saturated rings. The van der Waals surface area contributed by atoms with Crippen LogP contribution < -0.4 is 10.5 Å². The Bertz CT molecular complexity index is 1050. The molecule has 0 heterocycles. The largest absolute Gasteiger partial charge is 0.465 e. The Labute approximate surface area is 200 Å². The van der Waals surface area contributed by atoms with Gasteiger partial charge in [0.2, 0.25) is 10.0 Å². The number of carbonyl (C=O) groups excluding carboxylic acids is 1. The van der Waals surface area contributed by atoms with Gasteiger partial charge in [-0.3, -0.25) is 0 Å². The molecule has 9 heteroatoms. The van der Waals surface area contributed by atoms with E-state index < -0.39 is 16.0 Å². The number of ether oxygens (including phenoxy) is 2. The molecule has 3 rings (SSSR count). The van der Waals surface area contributed by atoms with Gasteiger partial charge < -0.3 is 15.2 Å². The lowest BCUT2D eigenvalue weighted by atomic mass is 9.81. The Morgan fingerprint density at radius 3 is 2.42 bits per heavy atom. The van der Waals surface area contributed by atoms with E-state index in [0.29, 0.717) is 39.4 Å². The normalized spacial score (nSPS) is 18.7. The van der Waals surface area contributed by atoms with Gasteiger partial charge >= 0.3 is 5.97 Å². The van der Waals surface area contributed by atoms with E-state index in [1.807, 2.05) is 6.07 Å². The number of esters is 1. The Hall–Kier alpha value is -2.07. The van der Waals surface area contributed by atoms with Gasteiger partial charge in [0, 0.05) is 35.7 Å². The standard InChI is InChI=1S/C24H32N2O5S2/c1-30-16-18-9-7-17(8-10-18)13-14-26-33(28,29)19-11-12-23(21(25)15-19)32-22-6-4-3-5-20(22)24(27)31-2/h3-6,11-12,15,17-18,26H,7-10,13-14,16,25H2,1-2H3. The first-order valence-electron chi connectivity index (χ1n) is 11.1. The van der Waals surface area contributed by atoms with Gasteiger partial charge in [0.05, 0.1) is 17.6 Å². The first-order valence-corrected chi connectivity index (χ1v) is 13.4. The number of benzene rings is 2. The molecule has 0 aliphatic heterocycles. The maximum atomic E-state index is 12.8. The molecule has 3 N–H and O–H groups in total. The van der Waals surface area contributed by atoms with Crippen LogP contribution in [0.2, 0.25) is 0 Å². The molecule has 2 aromatic rings. The van der Waals surface area contributed by atoms with Gasteiger partial charge in [-0.25, -0.2) is 17.9 Å². The quantitative estimate of drug-likeness (QED) is 0.375. The lowest BCUT2D eigenvalue weighted by Crippen LogP contribution is -2.27. The van der Waals surface area contributed by atoms with Crippen LogP contribution in [0.3, 0.4) is 0 Å². The minimum absolute atomic E-state index is 0.134. The van der Waals surface area contributed by atoms with E-state index in [1.165, 1.54) is 31.0 Å². The number of hydrogen-bond donors (Lipinski definition) is 2. The van der Waals surface area contributed by atoms with Gasteiger partial charge in [0.15, 0.2) is 0 Å². The van der Waals surface area contributed by atoms with Crippen LogP contribution >= 0.6 is 11.8 Å². The second-order valence-electron chi connectivity index (χ2n) is 8.32. The van der Waals surface area contributed by atoms with E-state index in [-0.39, 0.29) is 4.90 Å². The third-order valence-corrected chi connectivity index (χ3v) is 8.64.